The summed E-state index contributed by atoms with van der Waals surface area (Å²) in [5.74, 6) is 0.521. The van der Waals surface area contributed by atoms with Gasteiger partial charge in [-0.1, -0.05) is 0 Å². The number of rotatable bonds is 5. The summed E-state index contributed by atoms with van der Waals surface area (Å²) in [6.07, 6.45) is 1.94. The summed E-state index contributed by atoms with van der Waals surface area (Å²) < 4.78 is 0. The number of hydrogen-bond acceptors (Lipinski definition) is 3. The van der Waals surface area contributed by atoms with Crippen LogP contribution >= 0.6 is 0 Å². The molecule has 0 radical (unpaired) electrons. The highest BCUT2D eigenvalue weighted by Crippen LogP contribution is 2.21. The number of benzene rings is 1. The van der Waals surface area contributed by atoms with E-state index in [2.05, 4.69) is 36.2 Å². The zero-order valence-corrected chi connectivity index (χ0v) is 12.0. The maximum Gasteiger partial charge on any atom is 0.166 e. The van der Waals surface area contributed by atoms with Gasteiger partial charge >= 0.3 is 0 Å². The third-order valence-corrected chi connectivity index (χ3v) is 3.99. The van der Waals surface area contributed by atoms with Crippen molar-refractivity contribution < 1.29 is 4.79 Å². The number of ketones is 1. The van der Waals surface area contributed by atoms with Gasteiger partial charge in [-0.3, -0.25) is 4.79 Å². The molecule has 2 rings (SSSR count). The van der Waals surface area contributed by atoms with Crippen LogP contribution in [-0.4, -0.2) is 32.0 Å². The quantitative estimate of drug-likeness (QED) is 0.826. The Balaban J connectivity index is 2.06. The molecule has 19 heavy (non-hydrogen) atoms. The predicted molar refractivity (Wildman–Crippen MR) is 79.9 cm³/mol. The minimum absolute atomic E-state index is 0.209. The Morgan fingerprint density at radius 1 is 1.16 bits per heavy atom. The Bertz CT molecular complexity index is 403. The highest BCUT2D eigenvalue weighted by Gasteiger charge is 2.22. The number of piperidine rings is 1. The van der Waals surface area contributed by atoms with Crippen LogP contribution < -0.4 is 10.2 Å². The van der Waals surface area contributed by atoms with Crippen molar-refractivity contribution in [1.82, 2.24) is 5.32 Å². The summed E-state index contributed by atoms with van der Waals surface area (Å²) in [6.45, 7) is 8.23. The largest absolute Gasteiger partial charge is 0.372 e. The SMILES string of the molecule is CCN(CC)c1ccc(C(=O)C2CCNCC2)cc1. The first-order valence-corrected chi connectivity index (χ1v) is 7.36. The van der Waals surface area contributed by atoms with Gasteiger partial charge in [-0.2, -0.15) is 0 Å². The molecule has 0 aromatic heterocycles. The molecule has 1 heterocycles. The fourth-order valence-corrected chi connectivity index (χ4v) is 2.75. The second-order valence-electron chi connectivity index (χ2n) is 5.11. The highest BCUT2D eigenvalue weighted by atomic mass is 16.1. The van der Waals surface area contributed by atoms with Gasteiger partial charge in [0.25, 0.3) is 0 Å². The molecule has 3 heteroatoms. The maximum absolute atomic E-state index is 12.4. The molecule has 1 fully saturated rings. The van der Waals surface area contributed by atoms with E-state index in [9.17, 15) is 4.79 Å². The smallest absolute Gasteiger partial charge is 0.166 e. The average molecular weight is 260 g/mol. The second kappa shape index (κ2) is 6.71. The summed E-state index contributed by atoms with van der Waals surface area (Å²) in [6, 6.07) is 8.11. The van der Waals surface area contributed by atoms with Crippen LogP contribution in [-0.2, 0) is 0 Å². The van der Waals surface area contributed by atoms with Gasteiger partial charge in [0.15, 0.2) is 5.78 Å². The molecule has 0 bridgehead atoms. The molecule has 0 saturated carbocycles. The molecule has 1 aromatic rings. The predicted octanol–water partition coefficient (Wildman–Crippen LogP) is 2.72. The van der Waals surface area contributed by atoms with Crippen LogP contribution in [0.2, 0.25) is 0 Å². The van der Waals surface area contributed by atoms with Gasteiger partial charge in [-0.15, -0.1) is 0 Å². The number of carbonyl (C=O) groups is 1. The Morgan fingerprint density at radius 2 is 1.74 bits per heavy atom. The minimum atomic E-state index is 0.209. The zero-order chi connectivity index (χ0) is 13.7. The number of nitrogens with one attached hydrogen (secondary N) is 1. The van der Waals surface area contributed by atoms with Gasteiger partial charge in [0.2, 0.25) is 0 Å². The first-order valence-electron chi connectivity index (χ1n) is 7.36. The summed E-state index contributed by atoms with van der Waals surface area (Å²) in [7, 11) is 0. The molecule has 0 aliphatic carbocycles. The number of carbonyl (C=O) groups excluding carboxylic acids is 1. The second-order valence-corrected chi connectivity index (χ2v) is 5.11. The van der Waals surface area contributed by atoms with Crippen LogP contribution in [0.1, 0.15) is 37.0 Å². The fraction of sp³-hybridized carbons (Fsp3) is 0.562. The molecule has 0 unspecified atom stereocenters. The maximum atomic E-state index is 12.4. The number of anilines is 1. The van der Waals surface area contributed by atoms with Crippen molar-refractivity contribution in [3.63, 3.8) is 0 Å². The third kappa shape index (κ3) is 3.35. The standard InChI is InChI=1S/C16H24N2O/c1-3-18(4-2)15-7-5-13(6-8-15)16(19)14-9-11-17-12-10-14/h5-8,14,17H,3-4,9-12H2,1-2H3. The van der Waals surface area contributed by atoms with Gasteiger partial charge in [0.1, 0.15) is 0 Å². The van der Waals surface area contributed by atoms with Crippen molar-refractivity contribution in [2.45, 2.75) is 26.7 Å². The molecule has 1 saturated heterocycles. The average Bonchev–Trinajstić information content (AvgIpc) is 2.49. The van der Waals surface area contributed by atoms with Crippen LogP contribution in [0.25, 0.3) is 0 Å². The van der Waals surface area contributed by atoms with Crippen molar-refractivity contribution in [1.29, 1.82) is 0 Å². The van der Waals surface area contributed by atoms with Crippen LogP contribution in [0.3, 0.4) is 0 Å². The van der Waals surface area contributed by atoms with Crippen LogP contribution in [0.15, 0.2) is 24.3 Å². The van der Waals surface area contributed by atoms with Gasteiger partial charge in [0, 0.05) is 30.3 Å². The first kappa shape index (κ1) is 14.1. The Kier molecular flexibility index (Phi) is 4.97. The van der Waals surface area contributed by atoms with E-state index in [1.165, 1.54) is 5.69 Å². The fourth-order valence-electron chi connectivity index (χ4n) is 2.75. The van der Waals surface area contributed by atoms with E-state index in [4.69, 9.17) is 0 Å². The van der Waals surface area contributed by atoms with Crippen molar-refractivity contribution in [2.75, 3.05) is 31.1 Å². The van der Waals surface area contributed by atoms with Gasteiger partial charge in [0.05, 0.1) is 0 Å². The molecule has 1 aliphatic rings. The molecule has 104 valence electrons. The number of Topliss-reactive ketones (excluding diaryl/α,β-unsaturated/α-hetero) is 1. The molecule has 0 atom stereocenters. The topological polar surface area (TPSA) is 32.3 Å². The van der Waals surface area contributed by atoms with Crippen molar-refractivity contribution in [3.05, 3.63) is 29.8 Å². The van der Waals surface area contributed by atoms with Crippen molar-refractivity contribution in [3.8, 4) is 0 Å². The zero-order valence-electron chi connectivity index (χ0n) is 12.0. The van der Waals surface area contributed by atoms with Crippen molar-refractivity contribution in [2.24, 2.45) is 5.92 Å². The van der Waals surface area contributed by atoms with E-state index in [-0.39, 0.29) is 5.92 Å². The van der Waals surface area contributed by atoms with Gasteiger partial charge < -0.3 is 10.2 Å². The van der Waals surface area contributed by atoms with E-state index >= 15 is 0 Å². The lowest BCUT2D eigenvalue weighted by Crippen LogP contribution is -2.31. The molecule has 1 aliphatic heterocycles. The summed E-state index contributed by atoms with van der Waals surface area (Å²) in [5.41, 5.74) is 2.06. The third-order valence-electron chi connectivity index (χ3n) is 3.99. The molecule has 0 amide bonds. The lowest BCUT2D eigenvalue weighted by molar-refractivity contribution is 0.0895. The Morgan fingerprint density at radius 3 is 2.26 bits per heavy atom. The van der Waals surface area contributed by atoms with Gasteiger partial charge in [-0.05, 0) is 64.0 Å². The van der Waals surface area contributed by atoms with E-state index in [1.54, 1.807) is 0 Å². The monoisotopic (exact) mass is 260 g/mol. The number of hydrogen-bond donors (Lipinski definition) is 1. The van der Waals surface area contributed by atoms with Crippen LogP contribution in [0.5, 0.6) is 0 Å². The normalized spacial score (nSPS) is 16.3. The van der Waals surface area contributed by atoms with E-state index in [1.807, 2.05) is 12.1 Å². The highest BCUT2D eigenvalue weighted by molar-refractivity contribution is 5.98. The molecule has 3 nitrogen and oxygen atoms in total. The molecule has 0 spiro atoms. The summed E-state index contributed by atoms with van der Waals surface area (Å²) >= 11 is 0. The summed E-state index contributed by atoms with van der Waals surface area (Å²) in [4.78, 5) is 14.7. The first-order chi connectivity index (χ1) is 9.26. The van der Waals surface area contributed by atoms with E-state index in [0.717, 1.165) is 44.6 Å². The van der Waals surface area contributed by atoms with Crippen molar-refractivity contribution >= 4 is 11.5 Å². The lowest BCUT2D eigenvalue weighted by Gasteiger charge is -2.23. The van der Waals surface area contributed by atoms with Crippen LogP contribution in [0.4, 0.5) is 5.69 Å². The summed E-state index contributed by atoms with van der Waals surface area (Å²) in [5, 5.41) is 3.30. The van der Waals surface area contributed by atoms with E-state index < -0.39 is 0 Å². The lowest BCUT2D eigenvalue weighted by atomic mass is 9.89. The molecular formula is C16H24N2O. The molecular weight excluding hydrogens is 236 g/mol. The Hall–Kier alpha value is -1.35. The van der Waals surface area contributed by atoms with Crippen LogP contribution in [0, 0.1) is 5.92 Å². The molecule has 1 N–H and O–H groups in total. The number of nitrogens with zero attached hydrogens (tertiary/aromatic N) is 1. The minimum Gasteiger partial charge on any atom is -0.372 e. The van der Waals surface area contributed by atoms with E-state index in [0.29, 0.717) is 5.78 Å². The molecule has 1 aromatic carbocycles. The van der Waals surface area contributed by atoms with Gasteiger partial charge in [-0.25, -0.2) is 0 Å². The Labute approximate surface area is 116 Å².